The van der Waals surface area contributed by atoms with Crippen molar-refractivity contribution in [1.82, 2.24) is 10.6 Å². The molecule has 2 nitrogen and oxygen atoms in total. The van der Waals surface area contributed by atoms with E-state index in [0.717, 1.165) is 6.42 Å². The number of hydrogen-bond donors (Lipinski definition) is 2. The third-order valence-electron chi connectivity index (χ3n) is 7.23. The summed E-state index contributed by atoms with van der Waals surface area (Å²) in [4.78, 5) is 0. The standard InChI is InChI=1S/C33H30N2/c1-5-13-24(14-6-1)30-22-28(34-32(30)26-17-9-3-10-18-26)21-29-23-31(25-15-7-2-8-16-25)33(35-29)27-19-11-4-12-20-27/h1-20,22-23,30-35H,21H2/t30-,31-,32-,33-/m0/s1. The molecule has 0 radical (unpaired) electrons. The van der Waals surface area contributed by atoms with E-state index in [2.05, 4.69) is 144 Å². The molecule has 0 saturated heterocycles. The van der Waals surface area contributed by atoms with Crippen molar-refractivity contribution in [3.8, 4) is 0 Å². The third-order valence-corrected chi connectivity index (χ3v) is 7.23. The molecule has 2 heterocycles. The van der Waals surface area contributed by atoms with Gasteiger partial charge in [-0.2, -0.15) is 0 Å². The lowest BCUT2D eigenvalue weighted by atomic mass is 9.89. The second kappa shape index (κ2) is 9.68. The number of benzene rings is 4. The molecule has 2 aliphatic heterocycles. The van der Waals surface area contributed by atoms with Gasteiger partial charge >= 0.3 is 0 Å². The molecule has 4 aromatic rings. The molecule has 2 N–H and O–H groups in total. The van der Waals surface area contributed by atoms with Crippen molar-refractivity contribution in [3.63, 3.8) is 0 Å². The van der Waals surface area contributed by atoms with Crippen LogP contribution in [-0.2, 0) is 0 Å². The van der Waals surface area contributed by atoms with Crippen LogP contribution in [0.5, 0.6) is 0 Å². The first-order valence-electron chi connectivity index (χ1n) is 12.5. The van der Waals surface area contributed by atoms with Crippen molar-refractivity contribution in [2.45, 2.75) is 30.3 Å². The van der Waals surface area contributed by atoms with Gasteiger partial charge in [0.25, 0.3) is 0 Å². The SMILES string of the molecule is C1=C(CC2=C[C@@H](c3ccccc3)[C@H](c3ccccc3)N2)N[C@@H](c2ccccc2)[C@@H]1c1ccccc1. The van der Waals surface area contributed by atoms with Crippen LogP contribution < -0.4 is 10.6 Å². The van der Waals surface area contributed by atoms with Gasteiger partial charge in [0.15, 0.2) is 0 Å². The summed E-state index contributed by atoms with van der Waals surface area (Å²) in [5.41, 5.74) is 7.91. The quantitative estimate of drug-likeness (QED) is 0.317. The van der Waals surface area contributed by atoms with E-state index in [1.165, 1.54) is 33.6 Å². The van der Waals surface area contributed by atoms with E-state index in [9.17, 15) is 0 Å². The van der Waals surface area contributed by atoms with Crippen molar-refractivity contribution >= 4 is 0 Å². The molecule has 0 spiro atoms. The van der Waals surface area contributed by atoms with Crippen LogP contribution in [0.4, 0.5) is 0 Å². The molecule has 2 aliphatic rings. The van der Waals surface area contributed by atoms with Crippen molar-refractivity contribution in [2.24, 2.45) is 0 Å². The van der Waals surface area contributed by atoms with Crippen LogP contribution in [0.2, 0.25) is 0 Å². The van der Waals surface area contributed by atoms with Crippen molar-refractivity contribution < 1.29 is 0 Å². The van der Waals surface area contributed by atoms with Gasteiger partial charge in [0.05, 0.1) is 12.1 Å². The largest absolute Gasteiger partial charge is 0.381 e. The molecule has 6 rings (SSSR count). The van der Waals surface area contributed by atoms with Crippen molar-refractivity contribution in [1.29, 1.82) is 0 Å². The topological polar surface area (TPSA) is 24.1 Å². The first kappa shape index (κ1) is 21.5. The summed E-state index contributed by atoms with van der Waals surface area (Å²) in [6.45, 7) is 0. The maximum Gasteiger partial charge on any atom is 0.0614 e. The Labute approximate surface area is 208 Å². The molecule has 172 valence electrons. The zero-order valence-corrected chi connectivity index (χ0v) is 19.7. The maximum absolute atomic E-state index is 3.87. The van der Waals surface area contributed by atoms with Gasteiger partial charge in [-0.3, -0.25) is 0 Å². The van der Waals surface area contributed by atoms with Gasteiger partial charge in [-0.1, -0.05) is 133 Å². The highest BCUT2D eigenvalue weighted by Gasteiger charge is 2.33. The molecule has 0 aromatic heterocycles. The zero-order valence-electron chi connectivity index (χ0n) is 19.7. The molecule has 0 aliphatic carbocycles. The van der Waals surface area contributed by atoms with E-state index in [4.69, 9.17) is 0 Å². The van der Waals surface area contributed by atoms with Crippen LogP contribution >= 0.6 is 0 Å². The summed E-state index contributed by atoms with van der Waals surface area (Å²) >= 11 is 0. The lowest BCUT2D eigenvalue weighted by Crippen LogP contribution is -2.22. The van der Waals surface area contributed by atoms with Gasteiger partial charge in [-0.05, 0) is 22.3 Å². The summed E-state index contributed by atoms with van der Waals surface area (Å²) in [5.74, 6) is 0.621. The number of rotatable bonds is 6. The van der Waals surface area contributed by atoms with Crippen LogP contribution in [-0.4, -0.2) is 0 Å². The lowest BCUT2D eigenvalue weighted by Gasteiger charge is -2.22. The van der Waals surface area contributed by atoms with Crippen LogP contribution in [0.3, 0.4) is 0 Å². The molecule has 0 fully saturated rings. The van der Waals surface area contributed by atoms with Crippen LogP contribution in [0.1, 0.15) is 52.6 Å². The highest BCUT2D eigenvalue weighted by atomic mass is 15.0. The molecular formula is C33H30N2. The molecule has 0 unspecified atom stereocenters. The molecular weight excluding hydrogens is 424 g/mol. The number of hydrogen-bond acceptors (Lipinski definition) is 2. The molecule has 0 bridgehead atoms. The second-order valence-electron chi connectivity index (χ2n) is 9.50. The summed E-state index contributed by atoms with van der Waals surface area (Å²) in [7, 11) is 0. The Morgan fingerprint density at radius 2 is 0.714 bits per heavy atom. The highest BCUT2D eigenvalue weighted by Crippen LogP contribution is 2.42. The van der Waals surface area contributed by atoms with Gasteiger partial charge in [-0.15, -0.1) is 0 Å². The van der Waals surface area contributed by atoms with Gasteiger partial charge in [-0.25, -0.2) is 0 Å². The first-order chi connectivity index (χ1) is 17.3. The molecule has 4 aromatic carbocycles. The summed E-state index contributed by atoms with van der Waals surface area (Å²) < 4.78 is 0. The summed E-state index contributed by atoms with van der Waals surface area (Å²) in [6, 6.07) is 43.8. The maximum atomic E-state index is 3.87. The third kappa shape index (κ3) is 4.52. The van der Waals surface area contributed by atoms with Crippen molar-refractivity contribution in [2.75, 3.05) is 0 Å². The van der Waals surface area contributed by atoms with Gasteiger partial charge in [0.1, 0.15) is 0 Å². The van der Waals surface area contributed by atoms with Crippen LogP contribution in [0.25, 0.3) is 0 Å². The Balaban J connectivity index is 1.29. The fraction of sp³-hybridized carbons (Fsp3) is 0.152. The van der Waals surface area contributed by atoms with E-state index in [1.54, 1.807) is 0 Å². The Morgan fingerprint density at radius 3 is 1.06 bits per heavy atom. The van der Waals surface area contributed by atoms with Gasteiger partial charge < -0.3 is 10.6 Å². The van der Waals surface area contributed by atoms with Crippen LogP contribution in [0, 0.1) is 0 Å². The van der Waals surface area contributed by atoms with E-state index in [-0.39, 0.29) is 12.1 Å². The normalized spacial score (nSPS) is 23.2. The average Bonchev–Trinajstić information content (AvgIpc) is 3.56. The second-order valence-corrected chi connectivity index (χ2v) is 9.50. The molecule has 0 amide bonds. The monoisotopic (exact) mass is 454 g/mol. The Bertz CT molecular complexity index is 1210. The number of nitrogens with one attached hydrogen (secondary N) is 2. The van der Waals surface area contributed by atoms with E-state index >= 15 is 0 Å². The smallest absolute Gasteiger partial charge is 0.0614 e. The Hall–Kier alpha value is -4.04. The minimum Gasteiger partial charge on any atom is -0.381 e. The zero-order chi connectivity index (χ0) is 23.5. The minimum absolute atomic E-state index is 0.241. The van der Waals surface area contributed by atoms with E-state index in [1.807, 2.05) is 0 Å². The Morgan fingerprint density at radius 1 is 0.400 bits per heavy atom. The van der Waals surface area contributed by atoms with Gasteiger partial charge in [0.2, 0.25) is 0 Å². The average molecular weight is 455 g/mol. The first-order valence-corrected chi connectivity index (χ1v) is 12.5. The van der Waals surface area contributed by atoms with Crippen molar-refractivity contribution in [3.05, 3.63) is 167 Å². The Kier molecular flexibility index (Phi) is 5.94. The van der Waals surface area contributed by atoms with E-state index in [0.29, 0.717) is 11.8 Å². The summed E-state index contributed by atoms with van der Waals surface area (Å²) in [6.07, 6.45) is 5.74. The fourth-order valence-corrected chi connectivity index (χ4v) is 5.56. The summed E-state index contributed by atoms with van der Waals surface area (Å²) in [5, 5.41) is 7.74. The van der Waals surface area contributed by atoms with Crippen LogP contribution in [0.15, 0.2) is 145 Å². The molecule has 0 saturated carbocycles. The minimum atomic E-state index is 0.241. The molecule has 35 heavy (non-hydrogen) atoms. The molecule has 4 atom stereocenters. The predicted molar refractivity (Wildman–Crippen MR) is 144 cm³/mol. The molecule has 2 heteroatoms. The van der Waals surface area contributed by atoms with E-state index < -0.39 is 0 Å². The lowest BCUT2D eigenvalue weighted by molar-refractivity contribution is 0.571. The fourth-order valence-electron chi connectivity index (χ4n) is 5.56. The van der Waals surface area contributed by atoms with Gasteiger partial charge in [0, 0.05) is 29.7 Å². The highest BCUT2D eigenvalue weighted by molar-refractivity contribution is 5.41. The predicted octanol–water partition coefficient (Wildman–Crippen LogP) is 7.40.